The van der Waals surface area contributed by atoms with E-state index in [1.165, 1.54) is 0 Å². The number of para-hydroxylation sites is 1. The highest BCUT2D eigenvalue weighted by atomic mass is 16.5. The van der Waals surface area contributed by atoms with Gasteiger partial charge in [0.05, 0.1) is 17.7 Å². The molecule has 0 spiro atoms. The van der Waals surface area contributed by atoms with E-state index in [1.807, 2.05) is 49.4 Å². The van der Waals surface area contributed by atoms with E-state index in [0.29, 0.717) is 17.9 Å². The van der Waals surface area contributed by atoms with Gasteiger partial charge in [-0.3, -0.25) is 4.98 Å². The number of carbonyl (C=O) groups is 1. The molecule has 0 atom stereocenters. The molecule has 0 N–H and O–H groups in total. The predicted octanol–water partition coefficient (Wildman–Crippen LogP) is 4.51. The second-order valence-corrected chi connectivity index (χ2v) is 5.13. The van der Waals surface area contributed by atoms with Crippen molar-refractivity contribution in [3.05, 3.63) is 65.9 Å². The summed E-state index contributed by atoms with van der Waals surface area (Å²) in [4.78, 5) is 16.4. The van der Waals surface area contributed by atoms with E-state index in [4.69, 9.17) is 9.47 Å². The van der Waals surface area contributed by atoms with Gasteiger partial charge in [-0.05, 0) is 44.2 Å². The van der Waals surface area contributed by atoms with Crippen molar-refractivity contribution in [3.8, 4) is 11.5 Å². The van der Waals surface area contributed by atoms with E-state index in [2.05, 4.69) is 4.98 Å². The first-order valence-electron chi connectivity index (χ1n) is 7.49. The van der Waals surface area contributed by atoms with E-state index < -0.39 is 0 Å². The molecular weight excluding hydrogens is 290 g/mol. The molecule has 4 heteroatoms. The van der Waals surface area contributed by atoms with Crippen LogP contribution in [-0.2, 0) is 4.74 Å². The summed E-state index contributed by atoms with van der Waals surface area (Å²) in [6, 6.07) is 16.7. The van der Waals surface area contributed by atoms with Gasteiger partial charge in [-0.1, -0.05) is 18.2 Å². The lowest BCUT2D eigenvalue weighted by Crippen LogP contribution is -2.04. The molecule has 0 aliphatic carbocycles. The van der Waals surface area contributed by atoms with Crippen molar-refractivity contribution >= 4 is 16.9 Å². The van der Waals surface area contributed by atoms with Gasteiger partial charge in [-0.2, -0.15) is 0 Å². The van der Waals surface area contributed by atoms with Crippen molar-refractivity contribution in [1.29, 1.82) is 0 Å². The molecule has 0 unspecified atom stereocenters. The second kappa shape index (κ2) is 6.48. The van der Waals surface area contributed by atoms with Crippen molar-refractivity contribution in [3.63, 3.8) is 0 Å². The van der Waals surface area contributed by atoms with Crippen LogP contribution in [0, 0.1) is 6.92 Å². The molecule has 0 amide bonds. The van der Waals surface area contributed by atoms with E-state index in [0.717, 1.165) is 22.3 Å². The van der Waals surface area contributed by atoms with Crippen molar-refractivity contribution < 1.29 is 14.3 Å². The summed E-state index contributed by atoms with van der Waals surface area (Å²) < 4.78 is 11.0. The van der Waals surface area contributed by atoms with E-state index in [9.17, 15) is 4.79 Å². The summed E-state index contributed by atoms with van der Waals surface area (Å²) in [5.41, 5.74) is 2.12. The van der Waals surface area contributed by atoms with Crippen LogP contribution in [0.5, 0.6) is 11.5 Å². The van der Waals surface area contributed by atoms with E-state index in [-0.39, 0.29) is 5.97 Å². The Morgan fingerprint density at radius 3 is 2.61 bits per heavy atom. The zero-order chi connectivity index (χ0) is 16.2. The Hall–Kier alpha value is -2.88. The van der Waals surface area contributed by atoms with Gasteiger partial charge >= 0.3 is 5.97 Å². The molecule has 0 bridgehead atoms. The van der Waals surface area contributed by atoms with Gasteiger partial charge in [0.1, 0.15) is 11.5 Å². The molecule has 0 radical (unpaired) electrons. The van der Waals surface area contributed by atoms with Crippen LogP contribution in [0.1, 0.15) is 23.0 Å². The molecule has 0 aliphatic rings. The number of benzene rings is 2. The van der Waals surface area contributed by atoms with Gasteiger partial charge in [0.2, 0.25) is 0 Å². The number of rotatable bonds is 4. The quantitative estimate of drug-likeness (QED) is 0.665. The lowest BCUT2D eigenvalue weighted by molar-refractivity contribution is 0.0526. The van der Waals surface area contributed by atoms with Gasteiger partial charge in [-0.25, -0.2) is 4.79 Å². The summed E-state index contributed by atoms with van der Waals surface area (Å²) in [7, 11) is 0. The number of fused-ring (bicyclic) bond motifs is 1. The Bertz CT molecular complexity index is 844. The third-order valence-electron chi connectivity index (χ3n) is 3.38. The highest BCUT2D eigenvalue weighted by molar-refractivity contribution is 5.96. The first-order valence-corrected chi connectivity index (χ1v) is 7.49. The lowest BCUT2D eigenvalue weighted by Gasteiger charge is -2.11. The number of ether oxygens (including phenoxy) is 2. The van der Waals surface area contributed by atoms with Crippen molar-refractivity contribution in [2.75, 3.05) is 6.61 Å². The number of aryl methyl sites for hydroxylation is 1. The van der Waals surface area contributed by atoms with E-state index in [1.54, 1.807) is 19.1 Å². The number of aromatic nitrogens is 1. The van der Waals surface area contributed by atoms with Gasteiger partial charge in [0.25, 0.3) is 0 Å². The molecule has 0 aliphatic heterocycles. The monoisotopic (exact) mass is 307 g/mol. The van der Waals surface area contributed by atoms with Crippen LogP contribution in [0.25, 0.3) is 10.9 Å². The zero-order valence-electron chi connectivity index (χ0n) is 13.1. The summed E-state index contributed by atoms with van der Waals surface area (Å²) in [5.74, 6) is 1.06. The van der Waals surface area contributed by atoms with Crippen LogP contribution in [0.3, 0.4) is 0 Å². The second-order valence-electron chi connectivity index (χ2n) is 5.13. The fourth-order valence-corrected chi connectivity index (χ4v) is 2.36. The summed E-state index contributed by atoms with van der Waals surface area (Å²) in [5, 5.41) is 0.782. The number of hydrogen-bond acceptors (Lipinski definition) is 4. The molecule has 116 valence electrons. The number of nitrogens with zero attached hydrogens (tertiary/aromatic N) is 1. The van der Waals surface area contributed by atoms with Crippen molar-refractivity contribution in [2.24, 2.45) is 0 Å². The van der Waals surface area contributed by atoms with Crippen LogP contribution >= 0.6 is 0 Å². The molecule has 0 fully saturated rings. The lowest BCUT2D eigenvalue weighted by atomic mass is 10.1. The molecule has 0 saturated heterocycles. The first-order chi connectivity index (χ1) is 11.2. The largest absolute Gasteiger partial charge is 0.462 e. The number of carbonyl (C=O) groups excluding carboxylic acids is 1. The maximum absolute atomic E-state index is 11.9. The van der Waals surface area contributed by atoms with Crippen LogP contribution < -0.4 is 4.74 Å². The summed E-state index contributed by atoms with van der Waals surface area (Å²) in [6.07, 6.45) is 0. The SMILES string of the molecule is CCOC(=O)c1ccc2nc(C)cc(Oc3ccccc3)c2c1. The molecule has 1 aromatic heterocycles. The topological polar surface area (TPSA) is 48.4 Å². The van der Waals surface area contributed by atoms with Gasteiger partial charge < -0.3 is 9.47 Å². The molecule has 1 heterocycles. The standard InChI is InChI=1S/C19H17NO3/c1-3-22-19(21)14-9-10-17-16(12-14)18(11-13(2)20-17)23-15-7-5-4-6-8-15/h4-12H,3H2,1-2H3. The molecule has 3 rings (SSSR count). The highest BCUT2D eigenvalue weighted by Gasteiger charge is 2.12. The molecule has 0 saturated carbocycles. The normalized spacial score (nSPS) is 10.5. The van der Waals surface area contributed by atoms with Crippen molar-refractivity contribution in [1.82, 2.24) is 4.98 Å². The Morgan fingerprint density at radius 1 is 1.09 bits per heavy atom. The van der Waals surface area contributed by atoms with Crippen molar-refractivity contribution in [2.45, 2.75) is 13.8 Å². The van der Waals surface area contributed by atoms with Gasteiger partial charge in [0, 0.05) is 17.1 Å². The molecule has 4 nitrogen and oxygen atoms in total. The minimum absolute atomic E-state index is 0.344. The summed E-state index contributed by atoms with van der Waals surface area (Å²) >= 11 is 0. The molecule has 3 aromatic rings. The fraction of sp³-hybridized carbons (Fsp3) is 0.158. The van der Waals surface area contributed by atoms with Gasteiger partial charge in [-0.15, -0.1) is 0 Å². The Kier molecular flexibility index (Phi) is 4.24. The Labute approximate surface area is 134 Å². The average molecular weight is 307 g/mol. The third kappa shape index (κ3) is 3.31. The van der Waals surface area contributed by atoms with Crippen LogP contribution in [-0.4, -0.2) is 17.6 Å². The zero-order valence-corrected chi connectivity index (χ0v) is 13.1. The number of pyridine rings is 1. The predicted molar refractivity (Wildman–Crippen MR) is 89.0 cm³/mol. The minimum Gasteiger partial charge on any atom is -0.462 e. The van der Waals surface area contributed by atoms with Crippen LogP contribution in [0.15, 0.2) is 54.6 Å². The molecule has 2 aromatic carbocycles. The smallest absolute Gasteiger partial charge is 0.338 e. The fourth-order valence-electron chi connectivity index (χ4n) is 2.36. The number of hydrogen-bond donors (Lipinski definition) is 0. The van der Waals surface area contributed by atoms with Crippen LogP contribution in [0.2, 0.25) is 0 Å². The Balaban J connectivity index is 2.07. The third-order valence-corrected chi connectivity index (χ3v) is 3.38. The summed E-state index contributed by atoms with van der Waals surface area (Å²) in [6.45, 7) is 4.04. The maximum Gasteiger partial charge on any atom is 0.338 e. The first kappa shape index (κ1) is 15.0. The Morgan fingerprint density at radius 2 is 1.87 bits per heavy atom. The maximum atomic E-state index is 11.9. The number of esters is 1. The van der Waals surface area contributed by atoms with Crippen LogP contribution in [0.4, 0.5) is 0 Å². The minimum atomic E-state index is -0.347. The molecule has 23 heavy (non-hydrogen) atoms. The molecular formula is C19H17NO3. The van der Waals surface area contributed by atoms with Gasteiger partial charge in [0.15, 0.2) is 0 Å². The van der Waals surface area contributed by atoms with E-state index >= 15 is 0 Å². The average Bonchev–Trinajstić information content (AvgIpc) is 2.55. The highest BCUT2D eigenvalue weighted by Crippen LogP contribution is 2.30.